The first kappa shape index (κ1) is 16.7. The van der Waals surface area contributed by atoms with Gasteiger partial charge < -0.3 is 10.0 Å². The van der Waals surface area contributed by atoms with E-state index in [4.69, 9.17) is 0 Å². The van der Waals surface area contributed by atoms with Gasteiger partial charge in [0.15, 0.2) is 10.9 Å². The quantitative estimate of drug-likeness (QED) is 0.849. The van der Waals surface area contributed by atoms with Crippen molar-refractivity contribution in [3.05, 3.63) is 78.1 Å². The number of aliphatic imine (C=N–C) groups is 1. The molecule has 1 aliphatic rings. The molecule has 0 radical (unpaired) electrons. The highest BCUT2D eigenvalue weighted by Gasteiger charge is 2.44. The predicted octanol–water partition coefficient (Wildman–Crippen LogP) is 3.33. The van der Waals surface area contributed by atoms with Crippen molar-refractivity contribution in [2.45, 2.75) is 19.2 Å². The van der Waals surface area contributed by atoms with Crippen molar-refractivity contribution in [1.29, 1.82) is 0 Å². The second-order valence-electron chi connectivity index (χ2n) is 5.79. The van der Waals surface area contributed by atoms with Gasteiger partial charge in [0, 0.05) is 18.3 Å². The van der Waals surface area contributed by atoms with Crippen LogP contribution in [0.5, 0.6) is 0 Å². The molecule has 1 unspecified atom stereocenters. The molecule has 5 heteroatoms. The van der Waals surface area contributed by atoms with E-state index in [1.165, 1.54) is 5.56 Å². The molecule has 2 heterocycles. The molecule has 24 heavy (non-hydrogen) atoms. The summed E-state index contributed by atoms with van der Waals surface area (Å²) in [5, 5.41) is 12.1. The highest BCUT2D eigenvalue weighted by Crippen LogP contribution is 2.39. The van der Waals surface area contributed by atoms with Gasteiger partial charge in [-0.1, -0.05) is 53.7 Å². The topological polar surface area (TPSA) is 48.7 Å². The van der Waals surface area contributed by atoms with Gasteiger partial charge in [-0.3, -0.25) is 9.98 Å². The molecule has 1 aliphatic heterocycles. The van der Waals surface area contributed by atoms with Crippen molar-refractivity contribution < 1.29 is 5.11 Å². The Hall–Kier alpha value is -2.11. The van der Waals surface area contributed by atoms with Crippen LogP contribution in [-0.2, 0) is 12.3 Å². The second kappa shape index (κ2) is 7.20. The number of aryl methyl sites for hydroxylation is 1. The monoisotopic (exact) mass is 339 g/mol. The number of hydrogen-bond donors (Lipinski definition) is 1. The number of pyridine rings is 1. The van der Waals surface area contributed by atoms with Gasteiger partial charge in [0.05, 0.1) is 18.0 Å². The lowest BCUT2D eigenvalue weighted by Gasteiger charge is -2.34. The third-order valence-corrected chi connectivity index (χ3v) is 5.16. The van der Waals surface area contributed by atoms with Crippen LogP contribution in [0.25, 0.3) is 0 Å². The van der Waals surface area contributed by atoms with Crippen molar-refractivity contribution in [1.82, 2.24) is 9.88 Å². The van der Waals surface area contributed by atoms with Crippen LogP contribution in [0.1, 0.15) is 16.8 Å². The Morgan fingerprint density at radius 1 is 1.33 bits per heavy atom. The fourth-order valence-corrected chi connectivity index (χ4v) is 3.86. The van der Waals surface area contributed by atoms with Crippen LogP contribution in [0.4, 0.5) is 0 Å². The zero-order valence-corrected chi connectivity index (χ0v) is 14.5. The molecule has 4 nitrogen and oxygen atoms in total. The second-order valence-corrected chi connectivity index (χ2v) is 6.73. The Morgan fingerprint density at radius 3 is 2.79 bits per heavy atom. The molecule has 1 aromatic carbocycles. The van der Waals surface area contributed by atoms with Crippen molar-refractivity contribution in [2.24, 2.45) is 4.99 Å². The number of rotatable bonds is 5. The van der Waals surface area contributed by atoms with E-state index in [9.17, 15) is 5.11 Å². The molecule has 0 aliphatic carbocycles. The summed E-state index contributed by atoms with van der Waals surface area (Å²) in [5.41, 5.74) is 1.91. The summed E-state index contributed by atoms with van der Waals surface area (Å²) in [6.07, 6.45) is 3.56. The Morgan fingerprint density at radius 2 is 2.12 bits per heavy atom. The SMILES string of the molecule is C=CCN1C(=NCc2ccccn2)SCC1(O)c1ccc(C)cc1. The zero-order valence-electron chi connectivity index (χ0n) is 13.7. The molecule has 1 aromatic heterocycles. The largest absolute Gasteiger partial charge is 0.366 e. The standard InChI is InChI=1S/C19H21N3OS/c1-3-12-22-18(21-13-17-6-4-5-11-20-17)24-14-19(22,23)16-9-7-15(2)8-10-16/h3-11,23H,1,12-14H2,2H3. The van der Waals surface area contributed by atoms with E-state index in [-0.39, 0.29) is 0 Å². The molecule has 1 N–H and O–H groups in total. The van der Waals surface area contributed by atoms with E-state index in [0.717, 1.165) is 16.4 Å². The van der Waals surface area contributed by atoms with Gasteiger partial charge in [-0.15, -0.1) is 6.58 Å². The van der Waals surface area contributed by atoms with Gasteiger partial charge in [-0.05, 0) is 19.1 Å². The molecule has 1 atom stereocenters. The Kier molecular flexibility index (Phi) is 5.02. The number of nitrogens with zero attached hydrogens (tertiary/aromatic N) is 3. The maximum atomic E-state index is 11.3. The minimum absolute atomic E-state index is 0.501. The lowest BCUT2D eigenvalue weighted by Crippen LogP contribution is -2.45. The van der Waals surface area contributed by atoms with Gasteiger partial charge in [0.25, 0.3) is 0 Å². The number of hydrogen-bond acceptors (Lipinski definition) is 4. The number of thioether (sulfide) groups is 1. The Balaban J connectivity index is 1.87. The maximum absolute atomic E-state index is 11.3. The number of benzene rings is 1. The van der Waals surface area contributed by atoms with E-state index in [2.05, 4.69) is 16.6 Å². The Bertz CT molecular complexity index is 730. The minimum atomic E-state index is -1.06. The van der Waals surface area contributed by atoms with Crippen LogP contribution in [0.3, 0.4) is 0 Å². The number of aliphatic hydroxyl groups is 1. The first-order valence-electron chi connectivity index (χ1n) is 7.89. The summed E-state index contributed by atoms with van der Waals surface area (Å²) in [6.45, 7) is 6.90. The summed E-state index contributed by atoms with van der Waals surface area (Å²) in [5.74, 6) is 0.547. The summed E-state index contributed by atoms with van der Waals surface area (Å²) in [7, 11) is 0. The van der Waals surface area contributed by atoms with E-state index >= 15 is 0 Å². The molecule has 3 rings (SSSR count). The lowest BCUT2D eigenvalue weighted by molar-refractivity contribution is -0.0423. The van der Waals surface area contributed by atoms with Gasteiger partial charge in [0.1, 0.15) is 0 Å². The molecule has 124 valence electrons. The van der Waals surface area contributed by atoms with Crippen LogP contribution < -0.4 is 0 Å². The number of aromatic nitrogens is 1. The smallest absolute Gasteiger partial charge is 0.175 e. The summed E-state index contributed by atoms with van der Waals surface area (Å²) in [4.78, 5) is 10.9. The van der Waals surface area contributed by atoms with Crippen LogP contribution in [0.15, 0.2) is 66.3 Å². The van der Waals surface area contributed by atoms with Gasteiger partial charge in [-0.2, -0.15) is 0 Å². The molecule has 1 saturated heterocycles. The van der Waals surface area contributed by atoms with Crippen LogP contribution in [0.2, 0.25) is 0 Å². The molecule has 0 spiro atoms. The van der Waals surface area contributed by atoms with E-state index in [0.29, 0.717) is 18.8 Å². The third kappa shape index (κ3) is 3.37. The summed E-state index contributed by atoms with van der Waals surface area (Å²) < 4.78 is 0. The van der Waals surface area contributed by atoms with Gasteiger partial charge in [-0.25, -0.2) is 0 Å². The van der Waals surface area contributed by atoms with Crippen LogP contribution in [-0.4, -0.2) is 32.5 Å². The average molecular weight is 339 g/mol. The maximum Gasteiger partial charge on any atom is 0.175 e. The van der Waals surface area contributed by atoms with Crippen LogP contribution >= 0.6 is 11.8 Å². The predicted molar refractivity (Wildman–Crippen MR) is 99.8 cm³/mol. The van der Waals surface area contributed by atoms with Crippen LogP contribution in [0, 0.1) is 6.92 Å². The lowest BCUT2D eigenvalue weighted by atomic mass is 10.0. The highest BCUT2D eigenvalue weighted by atomic mass is 32.2. The molecular weight excluding hydrogens is 318 g/mol. The normalized spacial score (nSPS) is 22.1. The molecule has 1 fully saturated rings. The summed E-state index contributed by atoms with van der Waals surface area (Å²) in [6, 6.07) is 13.8. The first-order chi connectivity index (χ1) is 11.6. The Labute approximate surface area is 147 Å². The molecular formula is C19H21N3OS. The fourth-order valence-electron chi connectivity index (χ4n) is 2.67. The van der Waals surface area contributed by atoms with E-state index in [1.807, 2.05) is 54.3 Å². The highest BCUT2D eigenvalue weighted by molar-refractivity contribution is 8.14. The van der Waals surface area contributed by atoms with E-state index < -0.39 is 5.72 Å². The van der Waals surface area contributed by atoms with Crippen molar-refractivity contribution in [3.8, 4) is 0 Å². The molecule has 0 bridgehead atoms. The van der Waals surface area contributed by atoms with Crippen molar-refractivity contribution >= 4 is 16.9 Å². The van der Waals surface area contributed by atoms with Gasteiger partial charge in [0.2, 0.25) is 0 Å². The molecule has 2 aromatic rings. The first-order valence-corrected chi connectivity index (χ1v) is 8.87. The van der Waals surface area contributed by atoms with Crippen molar-refractivity contribution in [2.75, 3.05) is 12.3 Å². The minimum Gasteiger partial charge on any atom is -0.366 e. The van der Waals surface area contributed by atoms with E-state index in [1.54, 1.807) is 24.0 Å². The fraction of sp³-hybridized carbons (Fsp3) is 0.263. The molecule has 0 amide bonds. The average Bonchev–Trinajstić information content (AvgIpc) is 2.92. The van der Waals surface area contributed by atoms with Gasteiger partial charge >= 0.3 is 0 Å². The zero-order chi connectivity index (χ0) is 17.0. The summed E-state index contributed by atoms with van der Waals surface area (Å²) >= 11 is 1.57. The van der Waals surface area contributed by atoms with Crippen molar-refractivity contribution in [3.63, 3.8) is 0 Å². The third-order valence-electron chi connectivity index (χ3n) is 4.01. The molecule has 0 saturated carbocycles. The number of amidine groups is 1.